The van der Waals surface area contributed by atoms with Gasteiger partial charge in [0.2, 0.25) is 0 Å². The van der Waals surface area contributed by atoms with E-state index in [2.05, 4.69) is 37.4 Å². The number of nitrogens with zero attached hydrogens (tertiary/aromatic N) is 1. The minimum atomic E-state index is -0.808. The third-order valence-corrected chi connectivity index (χ3v) is 9.02. The summed E-state index contributed by atoms with van der Waals surface area (Å²) in [6.07, 6.45) is 7.35. The molecule has 1 unspecified atom stereocenters. The van der Waals surface area contributed by atoms with Crippen molar-refractivity contribution in [2.45, 2.75) is 57.3 Å². The highest BCUT2D eigenvalue weighted by Crippen LogP contribution is 2.50. The van der Waals surface area contributed by atoms with Crippen LogP contribution >= 0.6 is 0 Å². The molecule has 2 rings (SSSR count). The van der Waals surface area contributed by atoms with Crippen molar-refractivity contribution in [2.75, 3.05) is 33.7 Å². The summed E-state index contributed by atoms with van der Waals surface area (Å²) >= 11 is 0. The monoisotopic (exact) mass is 282 g/mol. The summed E-state index contributed by atoms with van der Waals surface area (Å²) in [6.45, 7) is 9.01. The number of piperidine rings is 1. The fourth-order valence-corrected chi connectivity index (χ4v) is 6.78. The van der Waals surface area contributed by atoms with Crippen molar-refractivity contribution in [1.82, 2.24) is 10.2 Å². The van der Waals surface area contributed by atoms with Crippen molar-refractivity contribution in [2.24, 2.45) is 11.3 Å². The molecule has 2 nitrogen and oxygen atoms in total. The molecule has 0 aromatic carbocycles. The Balaban J connectivity index is 1.92. The molecule has 2 fully saturated rings. The molecule has 0 radical (unpaired) electrons. The van der Waals surface area contributed by atoms with Gasteiger partial charge >= 0.3 is 0 Å². The lowest BCUT2D eigenvalue weighted by atomic mass is 9.65. The summed E-state index contributed by atoms with van der Waals surface area (Å²) in [5.41, 5.74) is 0.722. The van der Waals surface area contributed by atoms with Crippen LogP contribution < -0.4 is 5.32 Å². The Morgan fingerprint density at radius 1 is 1.16 bits per heavy atom. The van der Waals surface area contributed by atoms with E-state index in [1.165, 1.54) is 38.9 Å². The lowest BCUT2D eigenvalue weighted by Crippen LogP contribution is -2.49. The zero-order valence-corrected chi connectivity index (χ0v) is 14.6. The van der Waals surface area contributed by atoms with Gasteiger partial charge in [0.15, 0.2) is 0 Å². The first-order valence-corrected chi connectivity index (χ1v) is 11.7. The van der Waals surface area contributed by atoms with E-state index in [4.69, 9.17) is 0 Å². The van der Waals surface area contributed by atoms with E-state index >= 15 is 0 Å². The van der Waals surface area contributed by atoms with Gasteiger partial charge in [-0.3, -0.25) is 0 Å². The van der Waals surface area contributed by atoms with Gasteiger partial charge in [0, 0.05) is 8.07 Å². The van der Waals surface area contributed by atoms with Gasteiger partial charge < -0.3 is 10.2 Å². The molecule has 0 aromatic rings. The van der Waals surface area contributed by atoms with Crippen molar-refractivity contribution in [3.63, 3.8) is 0 Å². The van der Waals surface area contributed by atoms with E-state index in [0.29, 0.717) is 0 Å². The minimum absolute atomic E-state index is 0.722. The molecule has 112 valence electrons. The molecule has 1 N–H and O–H groups in total. The molecule has 0 aliphatic carbocycles. The minimum Gasteiger partial charge on any atom is -0.316 e. The van der Waals surface area contributed by atoms with Gasteiger partial charge in [0.05, 0.1) is 0 Å². The van der Waals surface area contributed by atoms with Gasteiger partial charge in [-0.1, -0.05) is 25.2 Å². The van der Waals surface area contributed by atoms with Crippen molar-refractivity contribution in [3.05, 3.63) is 0 Å². The van der Waals surface area contributed by atoms with Crippen LogP contribution in [0, 0.1) is 11.3 Å². The molecule has 2 saturated heterocycles. The van der Waals surface area contributed by atoms with E-state index in [0.717, 1.165) is 11.3 Å². The Morgan fingerprint density at radius 2 is 1.84 bits per heavy atom. The highest BCUT2D eigenvalue weighted by molar-refractivity contribution is 6.77. The van der Waals surface area contributed by atoms with Crippen molar-refractivity contribution in [1.29, 1.82) is 0 Å². The molecule has 1 spiro atoms. The lowest BCUT2D eigenvalue weighted by Gasteiger charge is -2.50. The summed E-state index contributed by atoms with van der Waals surface area (Å²) in [6, 6.07) is 3.16. The fourth-order valence-electron chi connectivity index (χ4n) is 4.18. The van der Waals surface area contributed by atoms with Crippen molar-refractivity contribution >= 4 is 8.07 Å². The number of nitrogens with one attached hydrogen (secondary N) is 1. The van der Waals surface area contributed by atoms with Crippen LogP contribution in [0.4, 0.5) is 0 Å². The first kappa shape index (κ1) is 15.5. The Morgan fingerprint density at radius 3 is 2.47 bits per heavy atom. The Hall–Kier alpha value is 0.137. The van der Waals surface area contributed by atoms with Gasteiger partial charge in [-0.15, -0.1) is 0 Å². The van der Waals surface area contributed by atoms with Crippen LogP contribution in [0.25, 0.3) is 0 Å². The average molecular weight is 283 g/mol. The van der Waals surface area contributed by atoms with E-state index in [1.807, 2.05) is 0 Å². The molecule has 0 aromatic heterocycles. The maximum absolute atomic E-state index is 3.66. The third-order valence-electron chi connectivity index (χ3n) is 5.81. The Labute approximate surface area is 121 Å². The second-order valence-corrected chi connectivity index (χ2v) is 13.5. The fraction of sp³-hybridized carbons (Fsp3) is 1.00. The van der Waals surface area contributed by atoms with Crippen LogP contribution in [0.5, 0.6) is 0 Å². The van der Waals surface area contributed by atoms with Crippen LogP contribution in [-0.2, 0) is 0 Å². The van der Waals surface area contributed by atoms with Crippen molar-refractivity contribution < 1.29 is 0 Å². The normalized spacial score (nSPS) is 29.8. The molecule has 3 heteroatoms. The molecule has 0 saturated carbocycles. The maximum Gasteiger partial charge on any atom is 0.0474 e. The zero-order valence-electron chi connectivity index (χ0n) is 13.6. The molecule has 2 aliphatic rings. The first-order valence-electron chi connectivity index (χ1n) is 8.29. The largest absolute Gasteiger partial charge is 0.316 e. The highest BCUT2D eigenvalue weighted by Gasteiger charge is 2.44. The molecule has 2 heterocycles. The van der Waals surface area contributed by atoms with Gasteiger partial charge in [-0.2, -0.15) is 0 Å². The summed E-state index contributed by atoms with van der Waals surface area (Å²) in [5, 5.41) is 3.66. The standard InChI is InChI=1S/C16H34N2Si/c1-18(2)11-5-6-15-14-17-10-7-16(15)8-12-19(3,4)13-9-16/h15,17H,5-14H2,1-4H3. The number of hydrogen-bond acceptors (Lipinski definition) is 2. The third kappa shape index (κ3) is 4.05. The molecule has 0 bridgehead atoms. The van der Waals surface area contributed by atoms with Gasteiger partial charge in [0.25, 0.3) is 0 Å². The van der Waals surface area contributed by atoms with Crippen LogP contribution in [0.2, 0.25) is 25.2 Å². The molecule has 1 atom stereocenters. The highest BCUT2D eigenvalue weighted by atomic mass is 28.3. The van der Waals surface area contributed by atoms with Gasteiger partial charge in [-0.25, -0.2) is 0 Å². The summed E-state index contributed by atoms with van der Waals surface area (Å²) in [4.78, 5) is 2.33. The van der Waals surface area contributed by atoms with Gasteiger partial charge in [0.1, 0.15) is 0 Å². The predicted octanol–water partition coefficient (Wildman–Crippen LogP) is 3.43. The molecule has 19 heavy (non-hydrogen) atoms. The number of hydrogen-bond donors (Lipinski definition) is 1. The topological polar surface area (TPSA) is 15.3 Å². The van der Waals surface area contributed by atoms with E-state index in [9.17, 15) is 0 Å². The Bertz CT molecular complexity index is 278. The smallest absolute Gasteiger partial charge is 0.0474 e. The second kappa shape index (κ2) is 6.27. The van der Waals surface area contributed by atoms with E-state index in [-0.39, 0.29) is 0 Å². The molecular formula is C16H34N2Si. The molecule has 2 aliphatic heterocycles. The van der Waals surface area contributed by atoms with E-state index < -0.39 is 8.07 Å². The Kier molecular flexibility index (Phi) is 5.13. The van der Waals surface area contributed by atoms with Crippen LogP contribution in [-0.4, -0.2) is 46.7 Å². The van der Waals surface area contributed by atoms with Gasteiger partial charge in [-0.05, 0) is 77.2 Å². The van der Waals surface area contributed by atoms with Crippen molar-refractivity contribution in [3.8, 4) is 0 Å². The quantitative estimate of drug-likeness (QED) is 0.795. The molecule has 0 amide bonds. The summed E-state index contributed by atoms with van der Waals surface area (Å²) in [7, 11) is 3.59. The average Bonchev–Trinajstić information content (AvgIpc) is 2.35. The second-order valence-electron chi connectivity index (χ2n) is 8.12. The zero-order chi connectivity index (χ0) is 13.9. The summed E-state index contributed by atoms with van der Waals surface area (Å²) in [5.74, 6) is 0.950. The summed E-state index contributed by atoms with van der Waals surface area (Å²) < 4.78 is 0. The maximum atomic E-state index is 3.66. The molecular weight excluding hydrogens is 248 g/mol. The number of rotatable bonds is 4. The predicted molar refractivity (Wildman–Crippen MR) is 87.5 cm³/mol. The van der Waals surface area contributed by atoms with Crippen LogP contribution in [0.1, 0.15) is 32.1 Å². The first-order chi connectivity index (χ1) is 8.94. The van der Waals surface area contributed by atoms with E-state index in [1.54, 1.807) is 24.9 Å². The lowest BCUT2D eigenvalue weighted by molar-refractivity contribution is 0.0792. The van der Waals surface area contributed by atoms with Crippen LogP contribution in [0.3, 0.4) is 0 Å². The van der Waals surface area contributed by atoms with Crippen LogP contribution in [0.15, 0.2) is 0 Å². The SMILES string of the molecule is CN(C)CCCC1CNCCC12CC[Si](C)(C)CC2.